The normalized spacial score (nSPS) is 19.8. The number of nitrogens with zero attached hydrogens (tertiary/aromatic N) is 2. The molecule has 1 atom stereocenters. The third-order valence-corrected chi connectivity index (χ3v) is 5.17. The number of hydrogen-bond donors (Lipinski definition) is 2. The summed E-state index contributed by atoms with van der Waals surface area (Å²) in [6.45, 7) is 1.25. The Morgan fingerprint density at radius 1 is 1.52 bits per heavy atom. The highest BCUT2D eigenvalue weighted by Crippen LogP contribution is 2.24. The van der Waals surface area contributed by atoms with Crippen LogP contribution in [0.4, 0.5) is 11.4 Å². The summed E-state index contributed by atoms with van der Waals surface area (Å²) in [5.74, 6) is 0. The van der Waals surface area contributed by atoms with Gasteiger partial charge in [-0.3, -0.25) is 10.1 Å². The predicted molar refractivity (Wildman–Crippen MR) is 78.3 cm³/mol. The summed E-state index contributed by atoms with van der Waals surface area (Å²) in [6.07, 6.45) is 1.98. The number of nitrogens with two attached hydrogens (primary N) is 1. The van der Waals surface area contributed by atoms with E-state index in [0.29, 0.717) is 6.54 Å². The molecule has 1 aliphatic rings. The van der Waals surface area contributed by atoms with Crippen LogP contribution >= 0.6 is 0 Å². The number of rotatable bonds is 5. The summed E-state index contributed by atoms with van der Waals surface area (Å²) in [7, 11) is -1.82. The van der Waals surface area contributed by atoms with Gasteiger partial charge < -0.3 is 10.6 Å². The van der Waals surface area contributed by atoms with E-state index < -0.39 is 14.9 Å². The Morgan fingerprint density at radius 3 is 2.76 bits per heavy atom. The minimum Gasteiger partial charge on any atom is -0.397 e. The molecule has 0 radical (unpaired) electrons. The summed E-state index contributed by atoms with van der Waals surface area (Å²) in [4.78, 5) is 12.0. The fourth-order valence-corrected chi connectivity index (χ4v) is 3.60. The number of non-ortho nitro benzene ring substituents is 1. The van der Waals surface area contributed by atoms with Gasteiger partial charge in [0.1, 0.15) is 4.90 Å². The number of benzene rings is 1. The van der Waals surface area contributed by atoms with Crippen LogP contribution in [0.15, 0.2) is 23.1 Å². The van der Waals surface area contributed by atoms with Crippen molar-refractivity contribution in [2.24, 2.45) is 0 Å². The van der Waals surface area contributed by atoms with Gasteiger partial charge in [-0.2, -0.15) is 0 Å². The first-order valence-corrected chi connectivity index (χ1v) is 8.03. The van der Waals surface area contributed by atoms with Crippen molar-refractivity contribution in [2.45, 2.75) is 23.8 Å². The number of nitrogens with one attached hydrogen (secondary N) is 1. The largest absolute Gasteiger partial charge is 0.397 e. The van der Waals surface area contributed by atoms with Crippen LogP contribution in [0.1, 0.15) is 12.8 Å². The molecule has 0 aromatic heterocycles. The molecule has 21 heavy (non-hydrogen) atoms. The van der Waals surface area contributed by atoms with Crippen LogP contribution < -0.4 is 10.5 Å². The Kier molecular flexibility index (Phi) is 4.45. The van der Waals surface area contributed by atoms with E-state index >= 15 is 0 Å². The van der Waals surface area contributed by atoms with Crippen LogP contribution in [-0.4, -0.2) is 44.4 Å². The number of anilines is 1. The lowest BCUT2D eigenvalue weighted by atomic mass is 10.2. The van der Waals surface area contributed by atoms with Crippen molar-refractivity contribution < 1.29 is 13.3 Å². The summed E-state index contributed by atoms with van der Waals surface area (Å²) < 4.78 is 27.0. The highest BCUT2D eigenvalue weighted by atomic mass is 32.2. The van der Waals surface area contributed by atoms with Gasteiger partial charge in [-0.05, 0) is 32.5 Å². The number of likely N-dealkylation sites (tertiary alicyclic amines) is 1. The Labute approximate surface area is 123 Å². The molecule has 9 heteroatoms. The second kappa shape index (κ2) is 5.96. The molecule has 0 spiro atoms. The zero-order valence-electron chi connectivity index (χ0n) is 11.7. The topological polar surface area (TPSA) is 119 Å². The number of nitro benzene ring substituents is 1. The molecule has 1 saturated heterocycles. The van der Waals surface area contributed by atoms with Crippen LogP contribution in [0.2, 0.25) is 0 Å². The van der Waals surface area contributed by atoms with Gasteiger partial charge in [-0.1, -0.05) is 0 Å². The first-order valence-electron chi connectivity index (χ1n) is 6.55. The maximum atomic E-state index is 12.2. The maximum Gasteiger partial charge on any atom is 0.271 e. The molecule has 3 N–H and O–H groups in total. The number of sulfonamides is 1. The molecule has 1 aliphatic heterocycles. The Morgan fingerprint density at radius 2 is 2.24 bits per heavy atom. The molecule has 1 aromatic rings. The van der Waals surface area contributed by atoms with E-state index in [0.717, 1.165) is 37.6 Å². The second-order valence-corrected chi connectivity index (χ2v) is 6.84. The Bertz CT molecular complexity index is 647. The van der Waals surface area contributed by atoms with Crippen LogP contribution in [-0.2, 0) is 10.0 Å². The minimum absolute atomic E-state index is 0.128. The zero-order valence-corrected chi connectivity index (χ0v) is 12.5. The summed E-state index contributed by atoms with van der Waals surface area (Å²) >= 11 is 0. The number of hydrogen-bond acceptors (Lipinski definition) is 6. The van der Waals surface area contributed by atoms with Gasteiger partial charge in [-0.15, -0.1) is 0 Å². The van der Waals surface area contributed by atoms with Crippen LogP contribution in [0.3, 0.4) is 0 Å². The van der Waals surface area contributed by atoms with Crippen molar-refractivity contribution in [3.8, 4) is 0 Å². The molecule has 0 amide bonds. The lowest BCUT2D eigenvalue weighted by Gasteiger charge is -2.19. The van der Waals surface area contributed by atoms with Gasteiger partial charge in [0.15, 0.2) is 0 Å². The van der Waals surface area contributed by atoms with E-state index in [9.17, 15) is 18.5 Å². The number of nitro groups is 1. The first kappa shape index (κ1) is 15.7. The van der Waals surface area contributed by atoms with Gasteiger partial charge in [0, 0.05) is 24.7 Å². The molecule has 1 heterocycles. The molecule has 0 saturated carbocycles. The molecule has 0 aliphatic carbocycles. The average molecular weight is 314 g/mol. The molecule has 2 rings (SSSR count). The van der Waals surface area contributed by atoms with Crippen LogP contribution in [0.25, 0.3) is 0 Å². The fourth-order valence-electron chi connectivity index (χ4n) is 2.41. The lowest BCUT2D eigenvalue weighted by Crippen LogP contribution is -2.38. The summed E-state index contributed by atoms with van der Waals surface area (Å²) in [5.41, 5.74) is 5.26. The van der Waals surface area contributed by atoms with Crippen molar-refractivity contribution in [3.63, 3.8) is 0 Å². The SMILES string of the molecule is CN1CCCC1CNS(=O)(=O)c1ccc([N+](=O)[O-])cc1N. The number of nitrogen functional groups attached to an aromatic ring is 1. The monoisotopic (exact) mass is 314 g/mol. The van der Waals surface area contributed by atoms with Gasteiger partial charge in [0.25, 0.3) is 5.69 Å². The van der Waals surface area contributed by atoms with E-state index in [1.54, 1.807) is 0 Å². The van der Waals surface area contributed by atoms with Gasteiger partial charge >= 0.3 is 0 Å². The predicted octanol–water partition coefficient (Wildman–Crippen LogP) is 0.550. The van der Waals surface area contributed by atoms with Gasteiger partial charge in [-0.25, -0.2) is 13.1 Å². The van der Waals surface area contributed by atoms with Crippen molar-refractivity contribution in [1.82, 2.24) is 9.62 Å². The number of likely N-dealkylation sites (N-methyl/N-ethyl adjacent to an activating group) is 1. The Hall–Kier alpha value is -1.71. The molecule has 1 unspecified atom stereocenters. The minimum atomic E-state index is -3.77. The summed E-state index contributed by atoms with van der Waals surface area (Å²) in [5, 5.41) is 10.6. The van der Waals surface area contributed by atoms with Crippen molar-refractivity contribution in [2.75, 3.05) is 25.9 Å². The van der Waals surface area contributed by atoms with E-state index in [2.05, 4.69) is 9.62 Å². The Balaban J connectivity index is 2.14. The second-order valence-electron chi connectivity index (χ2n) is 5.11. The van der Waals surface area contributed by atoms with E-state index in [1.165, 1.54) is 0 Å². The van der Waals surface area contributed by atoms with Crippen LogP contribution in [0.5, 0.6) is 0 Å². The van der Waals surface area contributed by atoms with Crippen LogP contribution in [0, 0.1) is 10.1 Å². The average Bonchev–Trinajstić information content (AvgIpc) is 2.81. The highest BCUT2D eigenvalue weighted by molar-refractivity contribution is 7.89. The molecular weight excluding hydrogens is 296 g/mol. The van der Waals surface area contributed by atoms with E-state index in [1.807, 2.05) is 7.05 Å². The maximum absolute atomic E-state index is 12.2. The lowest BCUT2D eigenvalue weighted by molar-refractivity contribution is -0.384. The molecule has 0 bridgehead atoms. The third-order valence-electron chi connectivity index (χ3n) is 3.67. The standard InChI is InChI=1S/C12H18N4O4S/c1-15-6-2-3-10(15)8-14-21(19,20)12-5-4-9(16(17)18)7-11(12)13/h4-5,7,10,14H,2-3,6,8,13H2,1H3. The van der Waals surface area contributed by atoms with Crippen molar-refractivity contribution in [1.29, 1.82) is 0 Å². The first-order chi connectivity index (χ1) is 9.81. The van der Waals surface area contributed by atoms with Crippen molar-refractivity contribution >= 4 is 21.4 Å². The highest BCUT2D eigenvalue weighted by Gasteiger charge is 2.25. The van der Waals surface area contributed by atoms with Gasteiger partial charge in [0.05, 0.1) is 10.6 Å². The molecule has 116 valence electrons. The van der Waals surface area contributed by atoms with Crippen molar-refractivity contribution in [3.05, 3.63) is 28.3 Å². The quantitative estimate of drug-likeness (QED) is 0.465. The molecule has 8 nitrogen and oxygen atoms in total. The smallest absolute Gasteiger partial charge is 0.271 e. The van der Waals surface area contributed by atoms with E-state index in [-0.39, 0.29) is 22.3 Å². The third kappa shape index (κ3) is 3.49. The molecule has 1 aromatic carbocycles. The van der Waals surface area contributed by atoms with Gasteiger partial charge in [0.2, 0.25) is 10.0 Å². The molecular formula is C12H18N4O4S. The fraction of sp³-hybridized carbons (Fsp3) is 0.500. The molecule has 1 fully saturated rings. The zero-order chi connectivity index (χ0) is 15.6. The summed E-state index contributed by atoms with van der Waals surface area (Å²) in [6, 6.07) is 3.51. The van der Waals surface area contributed by atoms with E-state index in [4.69, 9.17) is 5.73 Å².